The molecule has 0 saturated heterocycles. The molecule has 4 rings (SSSR count). The molecule has 110 valence electrons. The van der Waals surface area contributed by atoms with Crippen LogP contribution >= 0.6 is 11.8 Å². The van der Waals surface area contributed by atoms with Gasteiger partial charge in [-0.3, -0.25) is 0 Å². The Labute approximate surface area is 128 Å². The van der Waals surface area contributed by atoms with Crippen LogP contribution in [0.5, 0.6) is 0 Å². The van der Waals surface area contributed by atoms with Crippen molar-refractivity contribution in [3.63, 3.8) is 0 Å². The van der Waals surface area contributed by atoms with Crippen molar-refractivity contribution in [2.24, 2.45) is 5.73 Å². The summed E-state index contributed by atoms with van der Waals surface area (Å²) in [4.78, 5) is 4.43. The van der Waals surface area contributed by atoms with Crippen molar-refractivity contribution < 1.29 is 0 Å². The summed E-state index contributed by atoms with van der Waals surface area (Å²) in [5.41, 5.74) is 7.05. The zero-order valence-electron chi connectivity index (χ0n) is 12.1. The molecule has 2 saturated carbocycles. The molecule has 2 aromatic rings. The van der Waals surface area contributed by atoms with Crippen LogP contribution in [0.1, 0.15) is 62.0 Å². The molecule has 5 nitrogen and oxygen atoms in total. The Morgan fingerprint density at radius 2 is 2.10 bits per heavy atom. The minimum atomic E-state index is 0.0238. The highest BCUT2D eigenvalue weighted by Gasteiger charge is 2.36. The van der Waals surface area contributed by atoms with E-state index in [1.807, 2.05) is 19.2 Å². The molecule has 0 aliphatic heterocycles. The first-order valence-corrected chi connectivity index (χ1v) is 8.38. The summed E-state index contributed by atoms with van der Waals surface area (Å²) < 4.78 is 2.35. The van der Waals surface area contributed by atoms with Crippen molar-refractivity contribution in [2.45, 2.75) is 60.8 Å². The summed E-state index contributed by atoms with van der Waals surface area (Å²) in [6.07, 6.45) is 6.83. The van der Waals surface area contributed by atoms with Crippen molar-refractivity contribution in [2.75, 3.05) is 0 Å². The van der Waals surface area contributed by atoms with E-state index in [4.69, 9.17) is 5.73 Å². The molecule has 2 aliphatic rings. The van der Waals surface area contributed by atoms with E-state index in [9.17, 15) is 0 Å². The second-order valence-corrected chi connectivity index (χ2v) is 7.02. The third kappa shape index (κ3) is 2.70. The van der Waals surface area contributed by atoms with Gasteiger partial charge < -0.3 is 10.3 Å². The second-order valence-electron chi connectivity index (χ2n) is 6.03. The average Bonchev–Trinajstić information content (AvgIpc) is 3.39. The summed E-state index contributed by atoms with van der Waals surface area (Å²) in [6.45, 7) is 1.99. The van der Waals surface area contributed by atoms with Gasteiger partial charge in [-0.2, -0.15) is 0 Å². The van der Waals surface area contributed by atoms with Gasteiger partial charge in [0.2, 0.25) is 0 Å². The van der Waals surface area contributed by atoms with Crippen LogP contribution in [-0.2, 0) is 0 Å². The van der Waals surface area contributed by atoms with Crippen molar-refractivity contribution >= 4 is 11.8 Å². The Hall–Kier alpha value is -1.40. The molecule has 2 heterocycles. The first-order chi connectivity index (χ1) is 10.2. The molecule has 0 radical (unpaired) electrons. The van der Waals surface area contributed by atoms with E-state index >= 15 is 0 Å². The first-order valence-electron chi connectivity index (χ1n) is 7.56. The molecule has 0 amide bonds. The lowest BCUT2D eigenvalue weighted by atomic mass is 10.1. The largest absolute Gasteiger partial charge is 0.324 e. The van der Waals surface area contributed by atoms with Crippen molar-refractivity contribution in [3.8, 4) is 0 Å². The Bertz CT molecular complexity index is 658. The number of nitrogens with zero attached hydrogens (tertiary/aromatic N) is 4. The van der Waals surface area contributed by atoms with Gasteiger partial charge in [0, 0.05) is 24.2 Å². The minimum absolute atomic E-state index is 0.0238. The highest BCUT2D eigenvalue weighted by Crippen LogP contribution is 2.46. The third-order valence-corrected chi connectivity index (χ3v) is 4.92. The molecule has 2 N–H and O–H groups in total. The van der Waals surface area contributed by atoms with Crippen LogP contribution in [0, 0.1) is 0 Å². The van der Waals surface area contributed by atoms with E-state index < -0.39 is 0 Å². The summed E-state index contributed by atoms with van der Waals surface area (Å²) in [5, 5.41) is 10.8. The Morgan fingerprint density at radius 1 is 1.29 bits per heavy atom. The molecular weight excluding hydrogens is 282 g/mol. The van der Waals surface area contributed by atoms with E-state index in [0.717, 1.165) is 15.7 Å². The number of hydrogen-bond acceptors (Lipinski definition) is 5. The van der Waals surface area contributed by atoms with Crippen LogP contribution < -0.4 is 5.73 Å². The fourth-order valence-electron chi connectivity index (χ4n) is 2.51. The van der Waals surface area contributed by atoms with Gasteiger partial charge in [0.05, 0.1) is 0 Å². The molecular formula is C15H19N5S. The van der Waals surface area contributed by atoms with Crippen LogP contribution in [0.25, 0.3) is 0 Å². The van der Waals surface area contributed by atoms with Crippen LogP contribution in [0.2, 0.25) is 0 Å². The zero-order chi connectivity index (χ0) is 14.4. The molecule has 2 aromatic heterocycles. The molecule has 2 aliphatic carbocycles. The molecule has 1 atom stereocenters. The summed E-state index contributed by atoms with van der Waals surface area (Å²) in [6, 6.07) is 4.65. The maximum atomic E-state index is 5.95. The Morgan fingerprint density at radius 3 is 2.76 bits per heavy atom. The highest BCUT2D eigenvalue weighted by atomic mass is 32.2. The summed E-state index contributed by atoms with van der Waals surface area (Å²) in [7, 11) is 0. The predicted molar refractivity (Wildman–Crippen MR) is 81.2 cm³/mol. The number of pyridine rings is 1. The summed E-state index contributed by atoms with van der Waals surface area (Å²) in [5.74, 6) is 1.82. The highest BCUT2D eigenvalue weighted by molar-refractivity contribution is 7.99. The number of nitrogens with two attached hydrogens (primary N) is 1. The van der Waals surface area contributed by atoms with Gasteiger partial charge in [0.15, 0.2) is 5.16 Å². The lowest BCUT2D eigenvalue weighted by Crippen LogP contribution is -2.05. The lowest BCUT2D eigenvalue weighted by molar-refractivity contribution is 0.626. The normalized spacial score (nSPS) is 19.7. The Kier molecular flexibility index (Phi) is 3.23. The van der Waals surface area contributed by atoms with Crippen LogP contribution in [0.15, 0.2) is 28.5 Å². The van der Waals surface area contributed by atoms with Gasteiger partial charge in [-0.1, -0.05) is 0 Å². The molecule has 6 heteroatoms. The number of hydrogen-bond donors (Lipinski definition) is 1. The van der Waals surface area contributed by atoms with Crippen LogP contribution in [0.4, 0.5) is 0 Å². The van der Waals surface area contributed by atoms with Gasteiger partial charge >= 0.3 is 0 Å². The molecule has 0 spiro atoms. The SMILES string of the molecule is C[C@H](N)c1ccnc(Sc2nnc(C3CC3)n2C2CC2)c1. The second kappa shape index (κ2) is 5.10. The monoisotopic (exact) mass is 301 g/mol. The molecule has 0 unspecified atom stereocenters. The smallest absolute Gasteiger partial charge is 0.197 e. The summed E-state index contributed by atoms with van der Waals surface area (Å²) >= 11 is 1.60. The van der Waals surface area contributed by atoms with E-state index in [0.29, 0.717) is 12.0 Å². The quantitative estimate of drug-likeness (QED) is 0.919. The molecule has 2 fully saturated rings. The van der Waals surface area contributed by atoms with Gasteiger partial charge in [0.25, 0.3) is 0 Å². The van der Waals surface area contributed by atoms with Crippen LogP contribution in [0.3, 0.4) is 0 Å². The van der Waals surface area contributed by atoms with E-state index in [1.54, 1.807) is 11.8 Å². The number of rotatable bonds is 5. The van der Waals surface area contributed by atoms with Crippen molar-refractivity contribution in [3.05, 3.63) is 29.7 Å². The van der Waals surface area contributed by atoms with Crippen molar-refractivity contribution in [1.82, 2.24) is 19.7 Å². The van der Waals surface area contributed by atoms with E-state index in [2.05, 4.69) is 25.8 Å². The topological polar surface area (TPSA) is 69.6 Å². The third-order valence-electron chi connectivity index (χ3n) is 4.03. The minimum Gasteiger partial charge on any atom is -0.324 e. The van der Waals surface area contributed by atoms with Crippen molar-refractivity contribution in [1.29, 1.82) is 0 Å². The molecule has 21 heavy (non-hydrogen) atoms. The molecule has 0 bridgehead atoms. The van der Waals surface area contributed by atoms with E-state index in [1.165, 1.54) is 31.5 Å². The number of aromatic nitrogens is 4. The fraction of sp³-hybridized carbons (Fsp3) is 0.533. The van der Waals surface area contributed by atoms with Crippen LogP contribution in [-0.4, -0.2) is 19.7 Å². The molecule has 0 aromatic carbocycles. The van der Waals surface area contributed by atoms with Gasteiger partial charge in [-0.15, -0.1) is 10.2 Å². The zero-order valence-corrected chi connectivity index (χ0v) is 12.9. The van der Waals surface area contributed by atoms with Gasteiger partial charge in [-0.25, -0.2) is 4.98 Å². The first kappa shape index (κ1) is 13.3. The Balaban J connectivity index is 1.63. The predicted octanol–water partition coefficient (Wildman–Crippen LogP) is 3.06. The standard InChI is InChI=1S/C15H19N5S/c1-9(16)11-6-7-17-13(8-11)21-15-19-18-14(10-2-3-10)20(15)12-4-5-12/h6-10,12H,2-5,16H2,1H3/t9-/m0/s1. The average molecular weight is 301 g/mol. The van der Waals surface area contributed by atoms with Gasteiger partial charge in [0.1, 0.15) is 10.9 Å². The maximum absolute atomic E-state index is 5.95. The lowest BCUT2D eigenvalue weighted by Gasteiger charge is -2.09. The maximum Gasteiger partial charge on any atom is 0.197 e. The van der Waals surface area contributed by atoms with E-state index in [-0.39, 0.29) is 6.04 Å². The fourth-order valence-corrected chi connectivity index (χ4v) is 3.43. The van der Waals surface area contributed by atoms with Gasteiger partial charge in [-0.05, 0) is 62.1 Å².